The lowest BCUT2D eigenvalue weighted by Crippen LogP contribution is -2.41. The first kappa shape index (κ1) is 17.0. The summed E-state index contributed by atoms with van der Waals surface area (Å²) in [6, 6.07) is 5.03. The van der Waals surface area contributed by atoms with Crippen LogP contribution in [0.25, 0.3) is 0 Å². The summed E-state index contributed by atoms with van der Waals surface area (Å²) in [5.74, 6) is -0.147. The van der Waals surface area contributed by atoms with E-state index in [0.717, 1.165) is 11.3 Å². The van der Waals surface area contributed by atoms with Crippen molar-refractivity contribution >= 4 is 23.2 Å². The first-order chi connectivity index (χ1) is 9.85. The summed E-state index contributed by atoms with van der Waals surface area (Å²) >= 11 is 0. The van der Waals surface area contributed by atoms with Gasteiger partial charge in [0.15, 0.2) is 0 Å². The molecule has 0 saturated heterocycles. The van der Waals surface area contributed by atoms with Crippen molar-refractivity contribution in [1.82, 2.24) is 10.2 Å². The van der Waals surface area contributed by atoms with E-state index >= 15 is 0 Å². The third-order valence-electron chi connectivity index (χ3n) is 3.52. The standard InChI is InChI=1S/C15H24N4O2/c1-10-9-12(16)5-6-13(10)18-15(21)11(2)19(4)8-7-14(20)17-3/h5-6,9,11H,7-8,16H2,1-4H3,(H,17,20)(H,18,21). The van der Waals surface area contributed by atoms with E-state index in [1.807, 2.05) is 31.9 Å². The third kappa shape index (κ3) is 5.07. The van der Waals surface area contributed by atoms with Crippen LogP contribution in [0.2, 0.25) is 0 Å². The molecule has 0 fully saturated rings. The number of amides is 2. The molecular formula is C15H24N4O2. The average Bonchev–Trinajstić information content (AvgIpc) is 2.46. The largest absolute Gasteiger partial charge is 0.399 e. The lowest BCUT2D eigenvalue weighted by Gasteiger charge is -2.23. The fraction of sp³-hybridized carbons (Fsp3) is 0.467. The normalized spacial score (nSPS) is 12.0. The third-order valence-corrected chi connectivity index (χ3v) is 3.52. The molecule has 1 rings (SSSR count). The molecule has 21 heavy (non-hydrogen) atoms. The summed E-state index contributed by atoms with van der Waals surface area (Å²) in [6.45, 7) is 4.23. The van der Waals surface area contributed by atoms with Gasteiger partial charge in [-0.3, -0.25) is 14.5 Å². The van der Waals surface area contributed by atoms with E-state index in [1.165, 1.54) is 0 Å². The second-order valence-corrected chi connectivity index (χ2v) is 5.14. The molecule has 116 valence electrons. The molecule has 0 saturated carbocycles. The van der Waals surface area contributed by atoms with Gasteiger partial charge in [-0.2, -0.15) is 0 Å². The van der Waals surface area contributed by atoms with Crippen LogP contribution in [-0.4, -0.2) is 43.4 Å². The number of aryl methyl sites for hydroxylation is 1. The van der Waals surface area contributed by atoms with Crippen LogP contribution >= 0.6 is 0 Å². The molecule has 1 aromatic carbocycles. The lowest BCUT2D eigenvalue weighted by atomic mass is 10.1. The summed E-state index contributed by atoms with van der Waals surface area (Å²) in [6.07, 6.45) is 0.367. The van der Waals surface area contributed by atoms with E-state index in [9.17, 15) is 9.59 Å². The first-order valence-electron chi connectivity index (χ1n) is 6.93. The van der Waals surface area contributed by atoms with Crippen molar-refractivity contribution in [3.8, 4) is 0 Å². The van der Waals surface area contributed by atoms with Crippen LogP contribution in [0.5, 0.6) is 0 Å². The number of nitrogen functional groups attached to an aromatic ring is 1. The van der Waals surface area contributed by atoms with E-state index in [-0.39, 0.29) is 17.9 Å². The van der Waals surface area contributed by atoms with Crippen LogP contribution in [0.1, 0.15) is 18.9 Å². The molecule has 0 aromatic heterocycles. The van der Waals surface area contributed by atoms with Gasteiger partial charge in [-0.05, 0) is 44.7 Å². The second-order valence-electron chi connectivity index (χ2n) is 5.14. The van der Waals surface area contributed by atoms with Crippen molar-refractivity contribution < 1.29 is 9.59 Å². The van der Waals surface area contributed by atoms with Gasteiger partial charge in [-0.15, -0.1) is 0 Å². The van der Waals surface area contributed by atoms with Crippen LogP contribution < -0.4 is 16.4 Å². The minimum absolute atomic E-state index is 0.0381. The molecule has 2 amide bonds. The smallest absolute Gasteiger partial charge is 0.241 e. The number of likely N-dealkylation sites (N-methyl/N-ethyl adjacent to an activating group) is 1. The van der Waals surface area contributed by atoms with Gasteiger partial charge in [-0.1, -0.05) is 0 Å². The Labute approximate surface area is 125 Å². The van der Waals surface area contributed by atoms with Crippen molar-refractivity contribution in [3.63, 3.8) is 0 Å². The summed E-state index contributed by atoms with van der Waals surface area (Å²) in [4.78, 5) is 25.3. The number of anilines is 2. The highest BCUT2D eigenvalue weighted by Gasteiger charge is 2.19. The zero-order chi connectivity index (χ0) is 16.0. The number of nitrogens with one attached hydrogen (secondary N) is 2. The number of hydrogen-bond donors (Lipinski definition) is 3. The highest BCUT2D eigenvalue weighted by molar-refractivity contribution is 5.95. The minimum Gasteiger partial charge on any atom is -0.399 e. The zero-order valence-corrected chi connectivity index (χ0v) is 13.1. The van der Waals surface area contributed by atoms with Crippen molar-refractivity contribution in [2.75, 3.05) is 31.7 Å². The lowest BCUT2D eigenvalue weighted by molar-refractivity contribution is -0.123. The monoisotopic (exact) mass is 292 g/mol. The molecule has 6 nitrogen and oxygen atoms in total. The molecule has 0 bridgehead atoms. The Bertz CT molecular complexity index is 516. The molecule has 0 radical (unpaired) electrons. The van der Waals surface area contributed by atoms with Gasteiger partial charge in [0.05, 0.1) is 6.04 Å². The minimum atomic E-state index is -0.327. The molecule has 1 aromatic rings. The Hall–Kier alpha value is -2.08. The quantitative estimate of drug-likeness (QED) is 0.682. The van der Waals surface area contributed by atoms with Gasteiger partial charge in [0.2, 0.25) is 11.8 Å². The van der Waals surface area contributed by atoms with Crippen molar-refractivity contribution in [1.29, 1.82) is 0 Å². The molecule has 0 aliphatic carbocycles. The Balaban J connectivity index is 2.59. The van der Waals surface area contributed by atoms with Crippen molar-refractivity contribution in [2.24, 2.45) is 0 Å². The fourth-order valence-electron chi connectivity index (χ4n) is 1.86. The molecule has 0 aliphatic heterocycles. The maximum atomic E-state index is 12.2. The number of nitrogens with zero attached hydrogens (tertiary/aromatic N) is 1. The van der Waals surface area contributed by atoms with E-state index in [0.29, 0.717) is 18.7 Å². The van der Waals surface area contributed by atoms with Gasteiger partial charge in [0.25, 0.3) is 0 Å². The van der Waals surface area contributed by atoms with Crippen LogP contribution in [0, 0.1) is 6.92 Å². The summed E-state index contributed by atoms with van der Waals surface area (Å²) in [5.41, 5.74) is 8.03. The van der Waals surface area contributed by atoms with Crippen LogP contribution in [0.15, 0.2) is 18.2 Å². The molecular weight excluding hydrogens is 268 g/mol. The zero-order valence-electron chi connectivity index (χ0n) is 13.1. The van der Waals surface area contributed by atoms with Gasteiger partial charge in [0.1, 0.15) is 0 Å². The Kier molecular flexibility index (Phi) is 6.17. The molecule has 6 heteroatoms. The van der Waals surface area contributed by atoms with Crippen molar-refractivity contribution in [2.45, 2.75) is 26.3 Å². The van der Waals surface area contributed by atoms with Gasteiger partial charge >= 0.3 is 0 Å². The van der Waals surface area contributed by atoms with E-state index in [1.54, 1.807) is 19.2 Å². The number of carbonyl (C=O) groups is 2. The second kappa shape index (κ2) is 7.64. The maximum Gasteiger partial charge on any atom is 0.241 e. The van der Waals surface area contributed by atoms with Crippen LogP contribution in [0.4, 0.5) is 11.4 Å². The van der Waals surface area contributed by atoms with Crippen molar-refractivity contribution in [3.05, 3.63) is 23.8 Å². The summed E-state index contributed by atoms with van der Waals surface area (Å²) in [7, 11) is 3.42. The molecule has 0 aliphatic rings. The van der Waals surface area contributed by atoms with Gasteiger partial charge in [-0.25, -0.2) is 0 Å². The van der Waals surface area contributed by atoms with Gasteiger partial charge < -0.3 is 16.4 Å². The van der Waals surface area contributed by atoms with E-state index in [2.05, 4.69) is 10.6 Å². The number of carbonyl (C=O) groups excluding carboxylic acids is 2. The van der Waals surface area contributed by atoms with E-state index in [4.69, 9.17) is 5.73 Å². The SMILES string of the molecule is CNC(=O)CCN(C)C(C)C(=O)Nc1ccc(N)cc1C. The predicted octanol–water partition coefficient (Wildman–Crippen LogP) is 0.972. The Morgan fingerprint density at radius 1 is 1.38 bits per heavy atom. The number of nitrogens with two attached hydrogens (primary N) is 1. The highest BCUT2D eigenvalue weighted by Crippen LogP contribution is 2.18. The number of benzene rings is 1. The Morgan fingerprint density at radius 3 is 2.62 bits per heavy atom. The molecule has 1 unspecified atom stereocenters. The highest BCUT2D eigenvalue weighted by atomic mass is 16.2. The van der Waals surface area contributed by atoms with Crippen LogP contribution in [0.3, 0.4) is 0 Å². The topological polar surface area (TPSA) is 87.5 Å². The first-order valence-corrected chi connectivity index (χ1v) is 6.93. The summed E-state index contributed by atoms with van der Waals surface area (Å²) < 4.78 is 0. The van der Waals surface area contributed by atoms with E-state index < -0.39 is 0 Å². The summed E-state index contributed by atoms with van der Waals surface area (Å²) in [5, 5.41) is 5.45. The van der Waals surface area contributed by atoms with Gasteiger partial charge in [0, 0.05) is 31.4 Å². The molecule has 0 spiro atoms. The number of rotatable bonds is 6. The van der Waals surface area contributed by atoms with Crippen LogP contribution in [-0.2, 0) is 9.59 Å². The number of hydrogen-bond acceptors (Lipinski definition) is 4. The Morgan fingerprint density at radius 2 is 2.05 bits per heavy atom. The maximum absolute atomic E-state index is 12.2. The molecule has 1 atom stereocenters. The molecule has 0 heterocycles. The molecule has 4 N–H and O–H groups in total. The average molecular weight is 292 g/mol. The fourth-order valence-corrected chi connectivity index (χ4v) is 1.86. The predicted molar refractivity (Wildman–Crippen MR) is 85.0 cm³/mol.